The second kappa shape index (κ2) is 5.64. The van der Waals surface area contributed by atoms with Crippen LogP contribution in [0, 0.1) is 26.2 Å². The van der Waals surface area contributed by atoms with Crippen molar-refractivity contribution in [2.24, 2.45) is 5.41 Å². The van der Waals surface area contributed by atoms with Crippen LogP contribution >= 0.6 is 0 Å². The maximum absolute atomic E-state index is 10.9. The number of hydrogen-bond donors (Lipinski definition) is 1. The summed E-state index contributed by atoms with van der Waals surface area (Å²) >= 11 is 0. The fraction of sp³-hybridized carbons (Fsp3) is 0.562. The van der Waals surface area contributed by atoms with Crippen LogP contribution in [-0.4, -0.2) is 24.7 Å². The molecule has 0 bridgehead atoms. The smallest absolute Gasteiger partial charge is 0.303 e. The van der Waals surface area contributed by atoms with Crippen molar-refractivity contribution < 1.29 is 9.90 Å². The van der Waals surface area contributed by atoms with E-state index in [-0.39, 0.29) is 11.8 Å². The van der Waals surface area contributed by atoms with Gasteiger partial charge in [0.15, 0.2) is 0 Å². The van der Waals surface area contributed by atoms with Gasteiger partial charge in [-0.25, -0.2) is 0 Å². The highest BCUT2D eigenvalue weighted by Gasteiger charge is 2.24. The number of benzene rings is 1. The molecule has 0 saturated heterocycles. The lowest BCUT2D eigenvalue weighted by Gasteiger charge is -2.31. The Kier molecular flexibility index (Phi) is 4.61. The number of nitrogens with zero attached hydrogens (tertiary/aromatic N) is 1. The lowest BCUT2D eigenvalue weighted by Crippen LogP contribution is -2.33. The average Bonchev–Trinajstić information content (AvgIpc) is 2.20. The third-order valence-electron chi connectivity index (χ3n) is 3.52. The standard InChI is InChI=1S/C16H25NO2/c1-11-7-13(3)14(8-12(11)2)17(6)10-16(4,5)9-15(18)19/h7-8H,9-10H2,1-6H3,(H,18,19). The number of carboxylic acids is 1. The molecule has 0 fully saturated rings. The van der Waals surface area contributed by atoms with E-state index < -0.39 is 5.97 Å². The largest absolute Gasteiger partial charge is 0.481 e. The van der Waals surface area contributed by atoms with Crippen LogP contribution in [0.3, 0.4) is 0 Å². The molecule has 3 heteroatoms. The zero-order valence-corrected chi connectivity index (χ0v) is 12.9. The molecular formula is C16H25NO2. The third-order valence-corrected chi connectivity index (χ3v) is 3.52. The van der Waals surface area contributed by atoms with Gasteiger partial charge < -0.3 is 10.0 Å². The molecule has 0 spiro atoms. The molecule has 0 aromatic heterocycles. The number of aryl methyl sites for hydroxylation is 3. The first kappa shape index (κ1) is 15.5. The summed E-state index contributed by atoms with van der Waals surface area (Å²) in [7, 11) is 2.03. The van der Waals surface area contributed by atoms with E-state index in [0.717, 1.165) is 6.54 Å². The van der Waals surface area contributed by atoms with Crippen molar-refractivity contribution in [1.29, 1.82) is 0 Å². The number of rotatable bonds is 5. The molecule has 1 aromatic rings. The molecule has 1 aromatic carbocycles. The van der Waals surface area contributed by atoms with Crippen LogP contribution in [0.1, 0.15) is 37.0 Å². The van der Waals surface area contributed by atoms with Crippen LogP contribution in [0.25, 0.3) is 0 Å². The van der Waals surface area contributed by atoms with Crippen LogP contribution < -0.4 is 4.90 Å². The van der Waals surface area contributed by atoms with Crippen LogP contribution in [0.5, 0.6) is 0 Å². The van der Waals surface area contributed by atoms with E-state index in [2.05, 4.69) is 37.8 Å². The summed E-state index contributed by atoms with van der Waals surface area (Å²) in [6.45, 7) is 11.0. The summed E-state index contributed by atoms with van der Waals surface area (Å²) in [5, 5.41) is 8.95. The Hall–Kier alpha value is -1.51. The van der Waals surface area contributed by atoms with Gasteiger partial charge in [0, 0.05) is 19.3 Å². The van der Waals surface area contributed by atoms with E-state index in [4.69, 9.17) is 5.11 Å². The summed E-state index contributed by atoms with van der Waals surface area (Å²) in [6, 6.07) is 4.37. The number of anilines is 1. The summed E-state index contributed by atoms with van der Waals surface area (Å²) < 4.78 is 0. The van der Waals surface area contributed by atoms with Crippen LogP contribution in [0.15, 0.2) is 12.1 Å². The molecule has 19 heavy (non-hydrogen) atoms. The van der Waals surface area contributed by atoms with Crippen molar-refractivity contribution in [1.82, 2.24) is 0 Å². The molecule has 0 atom stereocenters. The van der Waals surface area contributed by atoms with Crippen LogP contribution in [0.4, 0.5) is 5.69 Å². The zero-order chi connectivity index (χ0) is 14.8. The van der Waals surface area contributed by atoms with Gasteiger partial charge in [0.25, 0.3) is 0 Å². The quantitative estimate of drug-likeness (QED) is 0.883. The molecular weight excluding hydrogens is 238 g/mol. The lowest BCUT2D eigenvalue weighted by atomic mass is 9.88. The van der Waals surface area contributed by atoms with Gasteiger partial charge in [-0.2, -0.15) is 0 Å². The Bertz CT molecular complexity index is 478. The molecule has 3 nitrogen and oxygen atoms in total. The van der Waals surface area contributed by atoms with E-state index in [1.807, 2.05) is 20.9 Å². The first-order valence-corrected chi connectivity index (χ1v) is 6.63. The van der Waals surface area contributed by atoms with Crippen LogP contribution in [-0.2, 0) is 4.79 Å². The van der Waals surface area contributed by atoms with Gasteiger partial charge in [0.05, 0.1) is 6.42 Å². The molecule has 1 rings (SSSR count). The van der Waals surface area contributed by atoms with E-state index in [1.54, 1.807) is 0 Å². The predicted octanol–water partition coefficient (Wildman–Crippen LogP) is 3.55. The van der Waals surface area contributed by atoms with E-state index >= 15 is 0 Å². The highest BCUT2D eigenvalue weighted by Crippen LogP contribution is 2.28. The topological polar surface area (TPSA) is 40.5 Å². The number of hydrogen-bond acceptors (Lipinski definition) is 2. The maximum atomic E-state index is 10.9. The van der Waals surface area contributed by atoms with Crippen molar-refractivity contribution in [2.45, 2.75) is 41.0 Å². The second-order valence-electron chi connectivity index (χ2n) is 6.31. The number of carboxylic acid groups (broad SMARTS) is 1. The molecule has 0 unspecified atom stereocenters. The van der Waals surface area contributed by atoms with Gasteiger partial charge in [-0.15, -0.1) is 0 Å². The van der Waals surface area contributed by atoms with Gasteiger partial charge in [-0.05, 0) is 48.9 Å². The Labute approximate surface area is 116 Å². The van der Waals surface area contributed by atoms with E-state index in [1.165, 1.54) is 22.4 Å². The molecule has 0 aliphatic carbocycles. The molecule has 0 radical (unpaired) electrons. The summed E-state index contributed by atoms with van der Waals surface area (Å²) in [5.74, 6) is -0.741. The summed E-state index contributed by atoms with van der Waals surface area (Å²) in [4.78, 5) is 13.0. The predicted molar refractivity (Wildman–Crippen MR) is 80.0 cm³/mol. The van der Waals surface area contributed by atoms with E-state index in [0.29, 0.717) is 0 Å². The van der Waals surface area contributed by atoms with Gasteiger partial charge in [0.2, 0.25) is 0 Å². The molecule has 0 aliphatic rings. The molecule has 0 heterocycles. The first-order valence-electron chi connectivity index (χ1n) is 6.63. The van der Waals surface area contributed by atoms with Crippen molar-refractivity contribution in [3.05, 3.63) is 28.8 Å². The van der Waals surface area contributed by atoms with Gasteiger partial charge in [-0.1, -0.05) is 19.9 Å². The minimum atomic E-state index is -0.741. The van der Waals surface area contributed by atoms with Crippen molar-refractivity contribution >= 4 is 11.7 Å². The Morgan fingerprint density at radius 2 is 1.68 bits per heavy atom. The first-order chi connectivity index (χ1) is 8.62. The highest BCUT2D eigenvalue weighted by atomic mass is 16.4. The maximum Gasteiger partial charge on any atom is 0.303 e. The molecule has 0 amide bonds. The fourth-order valence-corrected chi connectivity index (χ4v) is 2.55. The number of aliphatic carboxylic acids is 1. The van der Waals surface area contributed by atoms with Crippen LogP contribution in [0.2, 0.25) is 0 Å². The average molecular weight is 263 g/mol. The SMILES string of the molecule is Cc1cc(C)c(N(C)CC(C)(C)CC(=O)O)cc1C. The van der Waals surface area contributed by atoms with Crippen molar-refractivity contribution in [3.8, 4) is 0 Å². The van der Waals surface area contributed by atoms with Crippen molar-refractivity contribution in [2.75, 3.05) is 18.5 Å². The monoisotopic (exact) mass is 263 g/mol. The minimum Gasteiger partial charge on any atom is -0.481 e. The summed E-state index contributed by atoms with van der Waals surface area (Å²) in [6.07, 6.45) is 0.182. The highest BCUT2D eigenvalue weighted by molar-refractivity contribution is 5.67. The van der Waals surface area contributed by atoms with E-state index in [9.17, 15) is 4.79 Å². The Balaban J connectivity index is 2.92. The zero-order valence-electron chi connectivity index (χ0n) is 12.9. The van der Waals surface area contributed by atoms with Gasteiger partial charge in [0.1, 0.15) is 0 Å². The molecule has 0 saturated carbocycles. The number of carbonyl (C=O) groups is 1. The second-order valence-corrected chi connectivity index (χ2v) is 6.31. The van der Waals surface area contributed by atoms with Crippen molar-refractivity contribution in [3.63, 3.8) is 0 Å². The Morgan fingerprint density at radius 3 is 2.21 bits per heavy atom. The van der Waals surface area contributed by atoms with Gasteiger partial charge in [-0.3, -0.25) is 4.79 Å². The fourth-order valence-electron chi connectivity index (χ4n) is 2.55. The molecule has 1 N–H and O–H groups in total. The third kappa shape index (κ3) is 4.27. The molecule has 106 valence electrons. The molecule has 0 aliphatic heterocycles. The minimum absolute atomic E-state index is 0.182. The Morgan fingerprint density at radius 1 is 1.16 bits per heavy atom. The summed E-state index contributed by atoms with van der Waals surface area (Å²) in [5.41, 5.74) is 4.73. The lowest BCUT2D eigenvalue weighted by molar-refractivity contribution is -0.139. The van der Waals surface area contributed by atoms with Gasteiger partial charge >= 0.3 is 5.97 Å². The normalized spacial score (nSPS) is 11.5.